The maximum absolute atomic E-state index is 10.4. The minimum atomic E-state index is -1.13. The van der Waals surface area contributed by atoms with Crippen LogP contribution in [0.25, 0.3) is 0 Å². The first-order valence-electron chi connectivity index (χ1n) is 2.81. The minimum Gasteiger partial charge on any atom is -0.375 e. The van der Waals surface area contributed by atoms with Crippen molar-refractivity contribution in [3.05, 3.63) is 0 Å². The third-order valence-corrected chi connectivity index (χ3v) is 4.03. The summed E-state index contributed by atoms with van der Waals surface area (Å²) in [4.78, 5) is 10.4. The number of hydrogen-bond donors (Lipinski definition) is 2. The Morgan fingerprint density at radius 3 is 2.75 bits per heavy atom. The van der Waals surface area contributed by atoms with Gasteiger partial charge in [0, 0.05) is 0 Å². The molecular weight excluding hydrogens is 120 g/mol. The summed E-state index contributed by atoms with van der Waals surface area (Å²) in [6, 6.07) is 1.05. The van der Waals surface area contributed by atoms with E-state index in [1.165, 1.54) is 0 Å². The molecule has 0 aromatic rings. The lowest BCUT2D eigenvalue weighted by Gasteiger charge is -1.95. The van der Waals surface area contributed by atoms with Crippen molar-refractivity contribution in [2.75, 3.05) is 12.7 Å². The number of amides is 1. The van der Waals surface area contributed by atoms with Gasteiger partial charge in [-0.3, -0.25) is 4.79 Å². The molecule has 46 valence electrons. The maximum Gasteiger partial charge on any atom is 0.187 e. The molecule has 8 heavy (non-hydrogen) atoms. The van der Waals surface area contributed by atoms with Gasteiger partial charge in [0.2, 0.25) is 0 Å². The highest BCUT2D eigenvalue weighted by Gasteiger charge is 2.21. The Morgan fingerprint density at radius 1 is 1.75 bits per heavy atom. The third-order valence-electron chi connectivity index (χ3n) is 1.46. The average molecular weight is 130 g/mol. The highest BCUT2D eigenvalue weighted by Crippen LogP contribution is 1.96. The summed E-state index contributed by atoms with van der Waals surface area (Å²) in [5.74, 6) is 0. The molecule has 1 heterocycles. The van der Waals surface area contributed by atoms with Crippen molar-refractivity contribution in [3.63, 3.8) is 0 Å². The van der Waals surface area contributed by atoms with Crippen molar-refractivity contribution < 1.29 is 4.79 Å². The van der Waals surface area contributed by atoms with Gasteiger partial charge >= 0.3 is 0 Å². The number of nitrogens with one attached hydrogen (secondary N) is 1. The molecule has 1 amide bonds. The Balaban J connectivity index is 2.35. The van der Waals surface area contributed by atoms with Gasteiger partial charge in [0.25, 0.3) is 0 Å². The minimum absolute atomic E-state index is 0.0324. The van der Waals surface area contributed by atoms with E-state index in [0.29, 0.717) is 0 Å². The first-order valence-corrected chi connectivity index (χ1v) is 5.02. The molecule has 3 nitrogen and oxygen atoms in total. The zero-order chi connectivity index (χ0) is 5.98. The van der Waals surface area contributed by atoms with Crippen LogP contribution in [0.3, 0.4) is 0 Å². The lowest BCUT2D eigenvalue weighted by atomic mass is 10.8. The summed E-state index contributed by atoms with van der Waals surface area (Å²) < 4.78 is 0. The zero-order valence-electron chi connectivity index (χ0n) is 4.68. The smallest absolute Gasteiger partial charge is 0.187 e. The number of hydrogen-bond acceptors (Lipinski definition) is 2. The second kappa shape index (κ2) is 2.28. The molecule has 1 saturated heterocycles. The molecule has 0 saturated carbocycles. The summed E-state index contributed by atoms with van der Waals surface area (Å²) >= 11 is 0. The number of rotatable bonds is 1. The number of carbonyl (C=O) groups excluding carboxylic acids is 1. The summed E-state index contributed by atoms with van der Waals surface area (Å²) in [5.41, 5.74) is 5.05. The molecule has 1 aliphatic heterocycles. The topological polar surface area (TPSA) is 55.1 Å². The van der Waals surface area contributed by atoms with Crippen LogP contribution in [0.4, 0.5) is 4.79 Å². The van der Waals surface area contributed by atoms with Crippen molar-refractivity contribution >= 4 is 14.3 Å². The first kappa shape index (κ1) is 5.78. The SMILES string of the molecule is NC(=O)[SiH]1CCNC1. The number of carbonyl (C=O) groups is 1. The molecule has 1 fully saturated rings. The van der Waals surface area contributed by atoms with E-state index in [0.717, 1.165) is 18.8 Å². The Morgan fingerprint density at radius 2 is 2.50 bits per heavy atom. The van der Waals surface area contributed by atoms with Gasteiger partial charge in [-0.05, 0) is 18.8 Å². The molecule has 1 unspecified atom stereocenters. The molecule has 3 N–H and O–H groups in total. The molecular formula is C4H10N2OSi. The van der Waals surface area contributed by atoms with E-state index >= 15 is 0 Å². The van der Waals surface area contributed by atoms with Gasteiger partial charge < -0.3 is 11.1 Å². The fourth-order valence-electron chi connectivity index (χ4n) is 0.897. The highest BCUT2D eigenvalue weighted by molar-refractivity contribution is 6.90. The van der Waals surface area contributed by atoms with Crippen LogP contribution < -0.4 is 11.1 Å². The van der Waals surface area contributed by atoms with Crippen LogP contribution in [0.1, 0.15) is 0 Å². The summed E-state index contributed by atoms with van der Waals surface area (Å²) in [7, 11) is -1.13. The van der Waals surface area contributed by atoms with E-state index in [1.807, 2.05) is 0 Å². The molecule has 4 heteroatoms. The van der Waals surface area contributed by atoms with E-state index in [9.17, 15) is 4.79 Å². The molecule has 0 aromatic heterocycles. The summed E-state index contributed by atoms with van der Waals surface area (Å²) in [6.07, 6.45) is 0.912. The second-order valence-corrected chi connectivity index (χ2v) is 5.04. The Bertz CT molecular complexity index is 100. The van der Waals surface area contributed by atoms with E-state index in [2.05, 4.69) is 5.32 Å². The van der Waals surface area contributed by atoms with Gasteiger partial charge in [0.15, 0.2) is 14.3 Å². The Labute approximate surface area is 49.9 Å². The van der Waals surface area contributed by atoms with Crippen LogP contribution in [0, 0.1) is 0 Å². The third kappa shape index (κ3) is 1.08. The summed E-state index contributed by atoms with van der Waals surface area (Å²) in [5, 5.41) is 3.11. The van der Waals surface area contributed by atoms with Crippen LogP contribution in [-0.4, -0.2) is 27.0 Å². The van der Waals surface area contributed by atoms with Crippen LogP contribution in [0.2, 0.25) is 6.04 Å². The zero-order valence-corrected chi connectivity index (χ0v) is 5.84. The van der Waals surface area contributed by atoms with Gasteiger partial charge in [-0.25, -0.2) is 0 Å². The molecule has 0 aromatic carbocycles. The van der Waals surface area contributed by atoms with Crippen molar-refractivity contribution in [1.82, 2.24) is 5.32 Å². The van der Waals surface area contributed by atoms with Gasteiger partial charge in [-0.15, -0.1) is 0 Å². The Hall–Kier alpha value is -0.353. The predicted octanol–water partition coefficient (Wildman–Crippen LogP) is -0.984. The van der Waals surface area contributed by atoms with Crippen molar-refractivity contribution in [2.45, 2.75) is 6.04 Å². The highest BCUT2D eigenvalue weighted by atomic mass is 28.3. The molecule has 0 aliphatic carbocycles. The molecule has 0 spiro atoms. The lowest BCUT2D eigenvalue weighted by Crippen LogP contribution is -2.33. The lowest BCUT2D eigenvalue weighted by molar-refractivity contribution is 0.265. The number of primary amides is 1. The molecule has 0 radical (unpaired) electrons. The molecule has 1 aliphatic rings. The number of nitrogens with two attached hydrogens (primary N) is 1. The van der Waals surface area contributed by atoms with Gasteiger partial charge in [0.1, 0.15) is 0 Å². The summed E-state index contributed by atoms with van der Waals surface area (Å²) in [6.45, 7) is 1.000. The van der Waals surface area contributed by atoms with Crippen molar-refractivity contribution in [2.24, 2.45) is 5.73 Å². The standard InChI is InChI=1S/C4H10N2OSi/c5-4(7)8-2-1-6-3-8/h6,8H,1-3H2,(H2,5,7). The van der Waals surface area contributed by atoms with Crippen LogP contribution in [-0.2, 0) is 0 Å². The van der Waals surface area contributed by atoms with E-state index in [1.54, 1.807) is 0 Å². The van der Waals surface area contributed by atoms with Crippen LogP contribution in [0.15, 0.2) is 0 Å². The van der Waals surface area contributed by atoms with Crippen molar-refractivity contribution in [1.29, 1.82) is 0 Å². The fourth-order valence-corrected chi connectivity index (χ4v) is 2.69. The quantitative estimate of drug-likeness (QED) is 0.448. The monoisotopic (exact) mass is 130 g/mol. The first-order chi connectivity index (χ1) is 3.80. The second-order valence-electron chi connectivity index (χ2n) is 2.09. The Kier molecular flexibility index (Phi) is 1.64. The van der Waals surface area contributed by atoms with Gasteiger partial charge in [-0.1, -0.05) is 0 Å². The van der Waals surface area contributed by atoms with Gasteiger partial charge in [-0.2, -0.15) is 0 Å². The largest absolute Gasteiger partial charge is 0.375 e. The predicted molar refractivity (Wildman–Crippen MR) is 34.4 cm³/mol. The van der Waals surface area contributed by atoms with Crippen LogP contribution >= 0.6 is 0 Å². The normalized spacial score (nSPS) is 28.2. The van der Waals surface area contributed by atoms with E-state index in [-0.39, 0.29) is 5.53 Å². The van der Waals surface area contributed by atoms with Crippen LogP contribution in [0.5, 0.6) is 0 Å². The molecule has 1 rings (SSSR count). The molecule has 1 atom stereocenters. The molecule has 0 bridgehead atoms. The van der Waals surface area contributed by atoms with E-state index < -0.39 is 8.80 Å². The van der Waals surface area contributed by atoms with E-state index in [4.69, 9.17) is 5.73 Å². The maximum atomic E-state index is 10.4. The fraction of sp³-hybridized carbons (Fsp3) is 0.750. The van der Waals surface area contributed by atoms with Gasteiger partial charge in [0.05, 0.1) is 0 Å². The van der Waals surface area contributed by atoms with Crippen molar-refractivity contribution in [3.8, 4) is 0 Å². The average Bonchev–Trinajstić information content (AvgIpc) is 2.12.